The molecule has 1 heterocycles. The van der Waals surface area contributed by atoms with Gasteiger partial charge < -0.3 is 9.63 Å². The lowest BCUT2D eigenvalue weighted by Gasteiger charge is -2.07. The average Bonchev–Trinajstić information content (AvgIpc) is 2.46. The molecule has 0 bridgehead atoms. The van der Waals surface area contributed by atoms with Gasteiger partial charge in [0.1, 0.15) is 11.5 Å². The zero-order valence-corrected chi connectivity index (χ0v) is 9.37. The van der Waals surface area contributed by atoms with Crippen LogP contribution in [0.1, 0.15) is 50.6 Å². The minimum absolute atomic E-state index is 0.0326. The third-order valence-electron chi connectivity index (χ3n) is 2.20. The van der Waals surface area contributed by atoms with E-state index in [4.69, 9.17) is 9.63 Å². The lowest BCUT2D eigenvalue weighted by Crippen LogP contribution is -2.00. The number of nitrogens with zero attached hydrogens (tertiary/aromatic N) is 1. The molecule has 0 radical (unpaired) electrons. The quantitative estimate of drug-likeness (QED) is 0.806. The van der Waals surface area contributed by atoms with E-state index >= 15 is 0 Å². The fourth-order valence-electron chi connectivity index (χ4n) is 1.66. The van der Waals surface area contributed by atoms with Crippen molar-refractivity contribution in [1.29, 1.82) is 0 Å². The fraction of sp³-hybridized carbons (Fsp3) is 0.727. The summed E-state index contributed by atoms with van der Waals surface area (Å²) < 4.78 is 5.25. The van der Waals surface area contributed by atoms with Crippen molar-refractivity contribution in [3.8, 4) is 0 Å². The zero-order chi connectivity index (χ0) is 10.7. The highest BCUT2D eigenvalue weighted by atomic mass is 16.5. The van der Waals surface area contributed by atoms with Gasteiger partial charge in [-0.25, -0.2) is 0 Å². The Labute approximate surface area is 85.1 Å². The lowest BCUT2D eigenvalue weighted by atomic mass is 9.96. The van der Waals surface area contributed by atoms with Gasteiger partial charge in [0.15, 0.2) is 0 Å². The highest BCUT2D eigenvalue weighted by molar-refractivity contribution is 5.26. The van der Waals surface area contributed by atoms with E-state index in [2.05, 4.69) is 32.9 Å². The van der Waals surface area contributed by atoms with Crippen LogP contribution < -0.4 is 0 Å². The van der Waals surface area contributed by atoms with Crippen LogP contribution in [0.15, 0.2) is 4.52 Å². The molecule has 0 saturated carbocycles. The lowest BCUT2D eigenvalue weighted by molar-refractivity contribution is 0.264. The van der Waals surface area contributed by atoms with Gasteiger partial charge in [-0.2, -0.15) is 0 Å². The van der Waals surface area contributed by atoms with Gasteiger partial charge in [0.2, 0.25) is 0 Å². The van der Waals surface area contributed by atoms with Crippen LogP contribution in [-0.4, -0.2) is 10.3 Å². The third kappa shape index (κ3) is 2.35. The summed E-state index contributed by atoms with van der Waals surface area (Å²) in [4.78, 5) is 0. The van der Waals surface area contributed by atoms with Crippen molar-refractivity contribution >= 4 is 0 Å². The first-order valence-corrected chi connectivity index (χ1v) is 5.14. The molecule has 0 aliphatic rings. The summed E-state index contributed by atoms with van der Waals surface area (Å²) in [5, 5.41) is 13.0. The van der Waals surface area contributed by atoms with Gasteiger partial charge in [-0.3, -0.25) is 0 Å². The Morgan fingerprint density at radius 3 is 2.36 bits per heavy atom. The summed E-state index contributed by atoms with van der Waals surface area (Å²) in [6.45, 7) is 8.44. The summed E-state index contributed by atoms with van der Waals surface area (Å²) in [5.74, 6) is 1.84. The maximum Gasteiger partial charge on any atom is 0.140 e. The van der Waals surface area contributed by atoms with E-state index in [0.29, 0.717) is 17.5 Å². The van der Waals surface area contributed by atoms with Crippen LogP contribution in [0.5, 0.6) is 0 Å². The van der Waals surface area contributed by atoms with Gasteiger partial charge in [0.25, 0.3) is 0 Å². The van der Waals surface area contributed by atoms with Crippen molar-refractivity contribution in [2.24, 2.45) is 5.92 Å². The molecule has 1 aromatic heterocycles. The number of aromatic nitrogens is 1. The molecule has 0 saturated heterocycles. The van der Waals surface area contributed by atoms with E-state index in [9.17, 15) is 0 Å². The summed E-state index contributed by atoms with van der Waals surface area (Å²) in [7, 11) is 0. The van der Waals surface area contributed by atoms with Gasteiger partial charge >= 0.3 is 0 Å². The SMILES string of the molecule is CC(C)Cc1onc(CO)c1C(C)C. The predicted octanol–water partition coefficient (Wildman–Crippen LogP) is 2.49. The minimum Gasteiger partial charge on any atom is -0.390 e. The standard InChI is InChI=1S/C11H19NO2/c1-7(2)5-10-11(8(3)4)9(6-13)12-14-10/h7-8,13H,5-6H2,1-4H3. The van der Waals surface area contributed by atoms with Crippen molar-refractivity contribution in [1.82, 2.24) is 5.16 Å². The first-order valence-electron chi connectivity index (χ1n) is 5.14. The molecule has 80 valence electrons. The van der Waals surface area contributed by atoms with Gasteiger partial charge in [-0.1, -0.05) is 32.9 Å². The fourth-order valence-corrected chi connectivity index (χ4v) is 1.66. The maximum atomic E-state index is 9.09. The molecule has 0 fully saturated rings. The number of aliphatic hydroxyl groups is 1. The van der Waals surface area contributed by atoms with Gasteiger partial charge in [0, 0.05) is 12.0 Å². The van der Waals surface area contributed by atoms with Crippen LogP contribution >= 0.6 is 0 Å². The van der Waals surface area contributed by atoms with Crippen LogP contribution in [0.25, 0.3) is 0 Å². The Kier molecular flexibility index (Phi) is 3.69. The smallest absolute Gasteiger partial charge is 0.140 e. The molecular formula is C11H19NO2. The Balaban J connectivity index is 2.98. The third-order valence-corrected chi connectivity index (χ3v) is 2.20. The van der Waals surface area contributed by atoms with Gasteiger partial charge in [0.05, 0.1) is 6.61 Å². The molecule has 14 heavy (non-hydrogen) atoms. The van der Waals surface area contributed by atoms with Crippen molar-refractivity contribution in [2.75, 3.05) is 0 Å². The van der Waals surface area contributed by atoms with E-state index in [1.54, 1.807) is 0 Å². The second-order valence-corrected chi connectivity index (χ2v) is 4.38. The van der Waals surface area contributed by atoms with E-state index < -0.39 is 0 Å². The summed E-state index contributed by atoms with van der Waals surface area (Å²) in [5.41, 5.74) is 1.77. The van der Waals surface area contributed by atoms with Gasteiger partial charge in [-0.05, 0) is 11.8 Å². The Morgan fingerprint density at radius 1 is 1.29 bits per heavy atom. The van der Waals surface area contributed by atoms with Crippen molar-refractivity contribution in [3.63, 3.8) is 0 Å². The molecule has 1 rings (SSSR count). The van der Waals surface area contributed by atoms with Crippen LogP contribution in [0.4, 0.5) is 0 Å². The Morgan fingerprint density at radius 2 is 1.93 bits per heavy atom. The average molecular weight is 197 g/mol. The number of hydrogen-bond donors (Lipinski definition) is 1. The molecule has 0 aromatic carbocycles. The molecule has 1 N–H and O–H groups in total. The van der Waals surface area contributed by atoms with Crippen LogP contribution in [0, 0.1) is 5.92 Å². The summed E-state index contributed by atoms with van der Waals surface area (Å²) in [6.07, 6.45) is 0.889. The van der Waals surface area contributed by atoms with E-state index in [1.165, 1.54) is 0 Å². The second-order valence-electron chi connectivity index (χ2n) is 4.38. The molecule has 3 heteroatoms. The summed E-state index contributed by atoms with van der Waals surface area (Å²) in [6, 6.07) is 0. The number of rotatable bonds is 4. The van der Waals surface area contributed by atoms with E-state index in [-0.39, 0.29) is 6.61 Å². The van der Waals surface area contributed by atoms with Crippen LogP contribution in [-0.2, 0) is 13.0 Å². The van der Waals surface area contributed by atoms with Gasteiger partial charge in [-0.15, -0.1) is 0 Å². The Hall–Kier alpha value is -0.830. The Bertz CT molecular complexity index is 289. The normalized spacial score (nSPS) is 11.6. The first-order chi connectivity index (χ1) is 6.56. The first kappa shape index (κ1) is 11.2. The van der Waals surface area contributed by atoms with Crippen molar-refractivity contribution in [3.05, 3.63) is 17.0 Å². The van der Waals surface area contributed by atoms with Crippen LogP contribution in [0.3, 0.4) is 0 Å². The molecule has 0 atom stereocenters. The number of hydrogen-bond acceptors (Lipinski definition) is 3. The summed E-state index contributed by atoms with van der Waals surface area (Å²) >= 11 is 0. The maximum absolute atomic E-state index is 9.09. The molecule has 0 aliphatic carbocycles. The molecule has 0 aliphatic heterocycles. The topological polar surface area (TPSA) is 46.3 Å². The van der Waals surface area contributed by atoms with E-state index in [0.717, 1.165) is 17.7 Å². The highest BCUT2D eigenvalue weighted by Gasteiger charge is 2.18. The highest BCUT2D eigenvalue weighted by Crippen LogP contribution is 2.25. The number of aliphatic hydroxyl groups excluding tert-OH is 1. The minimum atomic E-state index is -0.0326. The molecule has 0 spiro atoms. The van der Waals surface area contributed by atoms with Crippen molar-refractivity contribution in [2.45, 2.75) is 46.6 Å². The predicted molar refractivity (Wildman–Crippen MR) is 55.1 cm³/mol. The molecule has 0 unspecified atom stereocenters. The molecule has 3 nitrogen and oxygen atoms in total. The van der Waals surface area contributed by atoms with Crippen molar-refractivity contribution < 1.29 is 9.63 Å². The second kappa shape index (κ2) is 4.60. The van der Waals surface area contributed by atoms with E-state index in [1.807, 2.05) is 0 Å². The molecule has 1 aromatic rings. The largest absolute Gasteiger partial charge is 0.390 e. The molecule has 0 amide bonds. The van der Waals surface area contributed by atoms with Crippen LogP contribution in [0.2, 0.25) is 0 Å². The monoisotopic (exact) mass is 197 g/mol. The molecular weight excluding hydrogens is 178 g/mol. The zero-order valence-electron chi connectivity index (χ0n) is 9.37.